The Hall–Kier alpha value is -3.33. The predicted octanol–water partition coefficient (Wildman–Crippen LogP) is 1.82. The van der Waals surface area contributed by atoms with Gasteiger partial charge in [-0.15, -0.1) is 5.10 Å². The first-order valence-corrected chi connectivity index (χ1v) is 8.02. The maximum atomic E-state index is 12.2. The zero-order valence-electron chi connectivity index (χ0n) is 13.9. The number of rotatable bonds is 6. The molecule has 1 saturated heterocycles. The normalized spacial score (nSPS) is 19.5. The van der Waals surface area contributed by atoms with Crippen LogP contribution >= 0.6 is 0 Å². The number of hydrogen-bond acceptors (Lipinski definition) is 8. The quantitative estimate of drug-likeness (QED) is 0.667. The number of H-pyrrole nitrogens is 1. The number of alkyl halides is 2. The molecule has 3 aromatic heterocycles. The topological polar surface area (TPSA) is 127 Å². The molecule has 2 N–H and O–H groups in total. The fourth-order valence-corrected chi connectivity index (χ4v) is 2.82. The summed E-state index contributed by atoms with van der Waals surface area (Å²) >= 11 is 0. The Morgan fingerprint density at radius 3 is 3.11 bits per heavy atom. The van der Waals surface area contributed by atoms with Crippen LogP contribution < -0.4 is 10.1 Å². The smallest absolute Gasteiger partial charge is 0.388 e. The molecular formula is C15H14F2N8O2. The van der Waals surface area contributed by atoms with Gasteiger partial charge in [0.15, 0.2) is 11.5 Å². The summed E-state index contributed by atoms with van der Waals surface area (Å²) in [5.74, 6) is 0.414. The van der Waals surface area contributed by atoms with Gasteiger partial charge in [-0.1, -0.05) is 0 Å². The summed E-state index contributed by atoms with van der Waals surface area (Å²) in [5.41, 5.74) is 0.415. The van der Waals surface area contributed by atoms with Gasteiger partial charge in [-0.05, 0) is 6.42 Å². The Morgan fingerprint density at radius 1 is 1.48 bits per heavy atom. The van der Waals surface area contributed by atoms with Crippen LogP contribution in [0.4, 0.5) is 20.4 Å². The van der Waals surface area contributed by atoms with Gasteiger partial charge in [-0.3, -0.25) is 5.10 Å². The number of nitrogens with zero attached hydrogens (tertiary/aromatic N) is 6. The van der Waals surface area contributed by atoms with Crippen molar-refractivity contribution in [2.75, 3.05) is 18.5 Å². The van der Waals surface area contributed by atoms with E-state index in [1.807, 2.05) is 0 Å². The van der Waals surface area contributed by atoms with Crippen molar-refractivity contribution in [3.8, 4) is 11.9 Å². The average molecular weight is 376 g/mol. The van der Waals surface area contributed by atoms with Crippen molar-refractivity contribution in [1.82, 2.24) is 29.9 Å². The van der Waals surface area contributed by atoms with Crippen molar-refractivity contribution in [3.63, 3.8) is 0 Å². The molecule has 0 saturated carbocycles. The van der Waals surface area contributed by atoms with Gasteiger partial charge in [0, 0.05) is 12.7 Å². The van der Waals surface area contributed by atoms with Gasteiger partial charge < -0.3 is 14.8 Å². The zero-order chi connectivity index (χ0) is 18.9. The van der Waals surface area contributed by atoms with Crippen LogP contribution in [0.1, 0.15) is 6.42 Å². The minimum absolute atomic E-state index is 0.247. The number of fused-ring (bicyclic) bond motifs is 1. The third-order valence-electron chi connectivity index (χ3n) is 4.17. The lowest BCUT2D eigenvalue weighted by atomic mass is 9.89. The van der Waals surface area contributed by atoms with Crippen LogP contribution in [0.2, 0.25) is 0 Å². The molecule has 1 atom stereocenters. The summed E-state index contributed by atoms with van der Waals surface area (Å²) < 4.78 is 35.6. The van der Waals surface area contributed by atoms with Gasteiger partial charge in [-0.2, -0.15) is 19.1 Å². The number of hydrogen-bond donors (Lipinski definition) is 2. The number of anilines is 2. The molecule has 3 aromatic rings. The lowest BCUT2D eigenvalue weighted by molar-refractivity contribution is -0.0528. The summed E-state index contributed by atoms with van der Waals surface area (Å²) in [4.78, 5) is 8.72. The van der Waals surface area contributed by atoms with E-state index in [0.717, 1.165) is 0 Å². The van der Waals surface area contributed by atoms with E-state index >= 15 is 0 Å². The van der Waals surface area contributed by atoms with Crippen molar-refractivity contribution in [1.29, 1.82) is 5.26 Å². The van der Waals surface area contributed by atoms with Crippen LogP contribution in [0, 0.1) is 16.7 Å². The van der Waals surface area contributed by atoms with Crippen LogP contribution in [0.5, 0.6) is 5.88 Å². The molecular weight excluding hydrogens is 362 g/mol. The van der Waals surface area contributed by atoms with Crippen LogP contribution in [0.25, 0.3) is 11.2 Å². The first kappa shape index (κ1) is 17.1. The molecule has 0 unspecified atom stereocenters. The molecule has 27 heavy (non-hydrogen) atoms. The van der Waals surface area contributed by atoms with E-state index in [0.29, 0.717) is 49.0 Å². The molecule has 1 aliphatic rings. The maximum absolute atomic E-state index is 12.2. The van der Waals surface area contributed by atoms with E-state index in [1.165, 1.54) is 12.3 Å². The highest BCUT2D eigenvalue weighted by Crippen LogP contribution is 2.30. The Labute approximate surface area is 151 Å². The highest BCUT2D eigenvalue weighted by molar-refractivity contribution is 5.72. The highest BCUT2D eigenvalue weighted by Gasteiger charge is 2.36. The first-order chi connectivity index (χ1) is 13.1. The van der Waals surface area contributed by atoms with E-state index in [2.05, 4.69) is 41.4 Å². The number of nitriles is 1. The number of nitrogens with one attached hydrogen (secondary N) is 2. The molecule has 12 heteroatoms. The summed E-state index contributed by atoms with van der Waals surface area (Å²) in [6, 6.07) is 3.59. The molecule has 0 amide bonds. The van der Waals surface area contributed by atoms with E-state index in [-0.39, 0.29) is 5.88 Å². The van der Waals surface area contributed by atoms with Gasteiger partial charge in [0.1, 0.15) is 16.7 Å². The molecule has 4 rings (SSSR count). The molecule has 0 bridgehead atoms. The van der Waals surface area contributed by atoms with E-state index in [1.54, 1.807) is 10.9 Å². The maximum Gasteiger partial charge on any atom is 0.388 e. The zero-order valence-corrected chi connectivity index (χ0v) is 13.9. The molecule has 1 aliphatic heterocycles. The summed E-state index contributed by atoms with van der Waals surface area (Å²) in [6.07, 6.45) is 3.66. The predicted molar refractivity (Wildman–Crippen MR) is 87.3 cm³/mol. The minimum Gasteiger partial charge on any atom is -0.415 e. The van der Waals surface area contributed by atoms with Crippen LogP contribution in [-0.2, 0) is 11.3 Å². The largest absolute Gasteiger partial charge is 0.415 e. The molecule has 140 valence electrons. The minimum atomic E-state index is -2.96. The Morgan fingerprint density at radius 2 is 2.37 bits per heavy atom. The Kier molecular flexibility index (Phi) is 4.28. The van der Waals surface area contributed by atoms with Crippen molar-refractivity contribution < 1.29 is 18.3 Å². The third-order valence-corrected chi connectivity index (χ3v) is 4.17. The van der Waals surface area contributed by atoms with E-state index < -0.39 is 12.0 Å². The van der Waals surface area contributed by atoms with E-state index in [4.69, 9.17) is 4.74 Å². The Balaban J connectivity index is 1.56. The SMILES string of the molecule is N#C[C@@]1(Cn2ncc3ncc(Nc4cc(OC(F)F)n[nH]4)nc32)CCOC1. The molecule has 1 fully saturated rings. The molecule has 0 radical (unpaired) electrons. The van der Waals surface area contributed by atoms with Crippen molar-refractivity contribution in [3.05, 3.63) is 18.5 Å². The van der Waals surface area contributed by atoms with Crippen molar-refractivity contribution >= 4 is 22.8 Å². The highest BCUT2D eigenvalue weighted by atomic mass is 19.3. The molecule has 4 heterocycles. The van der Waals surface area contributed by atoms with Crippen molar-refractivity contribution in [2.45, 2.75) is 19.6 Å². The molecule has 10 nitrogen and oxygen atoms in total. The fourth-order valence-electron chi connectivity index (χ4n) is 2.82. The van der Waals surface area contributed by atoms with Crippen molar-refractivity contribution in [2.24, 2.45) is 5.41 Å². The van der Waals surface area contributed by atoms with Gasteiger partial charge in [0.25, 0.3) is 0 Å². The van der Waals surface area contributed by atoms with Gasteiger partial charge >= 0.3 is 6.61 Å². The summed E-state index contributed by atoms with van der Waals surface area (Å²) in [5, 5.41) is 22.8. The molecule has 0 spiro atoms. The standard InChI is InChI=1S/C15H14F2N8O2/c16-14(17)27-12-3-10(23-24-12)21-11-5-19-9-4-20-25(13(9)22-11)7-15(6-18)1-2-26-8-15/h3-5,14H,1-2,7-8H2,(H2,21,22,23,24)/t15-/m1/s1. The van der Waals surface area contributed by atoms with Gasteiger partial charge in [0.2, 0.25) is 5.88 Å². The summed E-state index contributed by atoms with van der Waals surface area (Å²) in [6.45, 7) is -1.74. The van der Waals surface area contributed by atoms with E-state index in [9.17, 15) is 14.0 Å². The number of aromatic nitrogens is 6. The molecule has 0 aliphatic carbocycles. The van der Waals surface area contributed by atoms with Gasteiger partial charge in [0.05, 0.1) is 31.6 Å². The second kappa shape index (κ2) is 6.76. The van der Waals surface area contributed by atoms with Gasteiger partial charge in [-0.25, -0.2) is 14.6 Å². The summed E-state index contributed by atoms with van der Waals surface area (Å²) in [7, 11) is 0. The molecule has 0 aromatic carbocycles. The second-order valence-corrected chi connectivity index (χ2v) is 6.08. The third kappa shape index (κ3) is 3.49. The second-order valence-electron chi connectivity index (χ2n) is 6.08. The van der Waals surface area contributed by atoms with Crippen LogP contribution in [0.3, 0.4) is 0 Å². The monoisotopic (exact) mass is 376 g/mol. The first-order valence-electron chi connectivity index (χ1n) is 8.02. The number of ether oxygens (including phenoxy) is 2. The lowest BCUT2D eigenvalue weighted by Gasteiger charge is -2.18. The Bertz CT molecular complexity index is 989. The number of halogens is 2. The fraction of sp³-hybridized carbons (Fsp3) is 0.400. The van der Waals surface area contributed by atoms with Crippen LogP contribution in [-0.4, -0.2) is 49.8 Å². The lowest BCUT2D eigenvalue weighted by Crippen LogP contribution is -2.26. The number of aromatic amines is 1. The van der Waals surface area contributed by atoms with Crippen LogP contribution in [0.15, 0.2) is 18.5 Å². The average Bonchev–Trinajstić information content (AvgIpc) is 3.37.